The molecule has 0 aromatic heterocycles. The number of rotatable bonds is 6. The lowest BCUT2D eigenvalue weighted by atomic mass is 9.80. The van der Waals surface area contributed by atoms with Crippen LogP contribution in [0.4, 0.5) is 0 Å². The van der Waals surface area contributed by atoms with Gasteiger partial charge in [0, 0.05) is 13.0 Å². The predicted molar refractivity (Wildman–Crippen MR) is 82.0 cm³/mol. The smallest absolute Gasteiger partial charge is 0.119 e. The highest BCUT2D eigenvalue weighted by Gasteiger charge is 2.29. The fourth-order valence-corrected chi connectivity index (χ4v) is 2.93. The zero-order valence-corrected chi connectivity index (χ0v) is 12.7. The molecule has 0 heterocycles. The Morgan fingerprint density at radius 3 is 2.60 bits per heavy atom. The summed E-state index contributed by atoms with van der Waals surface area (Å²) >= 11 is 0. The molecule has 0 spiro atoms. The van der Waals surface area contributed by atoms with Gasteiger partial charge in [0.15, 0.2) is 0 Å². The summed E-state index contributed by atoms with van der Waals surface area (Å²) in [6, 6.07) is 8.38. The second-order valence-electron chi connectivity index (χ2n) is 5.96. The van der Waals surface area contributed by atoms with Crippen LogP contribution < -0.4 is 10.5 Å². The summed E-state index contributed by atoms with van der Waals surface area (Å²) in [4.78, 5) is 0. The first-order chi connectivity index (χ1) is 9.72. The Morgan fingerprint density at radius 1 is 1.20 bits per heavy atom. The third-order valence-electron chi connectivity index (χ3n) is 4.30. The van der Waals surface area contributed by atoms with Crippen molar-refractivity contribution in [2.24, 2.45) is 17.6 Å². The van der Waals surface area contributed by atoms with Gasteiger partial charge in [-0.2, -0.15) is 0 Å². The molecule has 2 rings (SSSR count). The van der Waals surface area contributed by atoms with E-state index < -0.39 is 0 Å². The van der Waals surface area contributed by atoms with Gasteiger partial charge in [0.05, 0.1) is 6.61 Å². The molecule has 3 heteroatoms. The van der Waals surface area contributed by atoms with Crippen LogP contribution in [0.15, 0.2) is 24.3 Å². The van der Waals surface area contributed by atoms with E-state index in [1.54, 1.807) is 7.11 Å². The lowest BCUT2D eigenvalue weighted by molar-refractivity contribution is 0.0742. The van der Waals surface area contributed by atoms with Gasteiger partial charge in [-0.25, -0.2) is 0 Å². The van der Waals surface area contributed by atoms with Crippen LogP contribution in [0.1, 0.15) is 31.7 Å². The van der Waals surface area contributed by atoms with E-state index in [4.69, 9.17) is 15.2 Å². The average molecular weight is 277 g/mol. The molecule has 3 unspecified atom stereocenters. The Bertz CT molecular complexity index is 390. The summed E-state index contributed by atoms with van der Waals surface area (Å²) in [5.41, 5.74) is 7.16. The zero-order valence-electron chi connectivity index (χ0n) is 12.7. The first-order valence-corrected chi connectivity index (χ1v) is 7.67. The van der Waals surface area contributed by atoms with Gasteiger partial charge in [-0.3, -0.25) is 0 Å². The maximum absolute atomic E-state index is 6.18. The maximum Gasteiger partial charge on any atom is 0.119 e. The Kier molecular flexibility index (Phi) is 5.86. The number of nitrogens with two attached hydrogens (primary N) is 1. The second-order valence-corrected chi connectivity index (χ2v) is 5.96. The van der Waals surface area contributed by atoms with E-state index in [-0.39, 0.29) is 6.10 Å². The highest BCUT2D eigenvalue weighted by atomic mass is 16.5. The van der Waals surface area contributed by atoms with Gasteiger partial charge in [0.25, 0.3) is 0 Å². The molecule has 1 aliphatic rings. The van der Waals surface area contributed by atoms with Crippen LogP contribution in [-0.2, 0) is 11.2 Å². The molecule has 0 radical (unpaired) electrons. The SMILES string of the molecule is COCCc1ccc(OC2CC(C)CCC2CN)cc1. The van der Waals surface area contributed by atoms with Crippen molar-refractivity contribution < 1.29 is 9.47 Å². The van der Waals surface area contributed by atoms with Crippen LogP contribution >= 0.6 is 0 Å². The van der Waals surface area contributed by atoms with Crippen LogP contribution in [0.25, 0.3) is 0 Å². The lowest BCUT2D eigenvalue weighted by Crippen LogP contribution is -2.37. The average Bonchev–Trinajstić information content (AvgIpc) is 2.47. The van der Waals surface area contributed by atoms with Gasteiger partial charge >= 0.3 is 0 Å². The summed E-state index contributed by atoms with van der Waals surface area (Å²) < 4.78 is 11.3. The Morgan fingerprint density at radius 2 is 1.95 bits per heavy atom. The Labute approximate surface area is 122 Å². The van der Waals surface area contributed by atoms with Crippen molar-refractivity contribution in [3.8, 4) is 5.75 Å². The van der Waals surface area contributed by atoms with Crippen molar-refractivity contribution in [3.05, 3.63) is 29.8 Å². The number of hydrogen-bond acceptors (Lipinski definition) is 3. The van der Waals surface area contributed by atoms with E-state index in [1.165, 1.54) is 18.4 Å². The van der Waals surface area contributed by atoms with Crippen LogP contribution in [0.5, 0.6) is 5.75 Å². The summed E-state index contributed by atoms with van der Waals surface area (Å²) in [5.74, 6) is 2.20. The molecule has 1 aromatic carbocycles. The van der Waals surface area contributed by atoms with Gasteiger partial charge in [-0.1, -0.05) is 25.5 Å². The van der Waals surface area contributed by atoms with Crippen molar-refractivity contribution in [2.45, 2.75) is 38.7 Å². The Hall–Kier alpha value is -1.06. The van der Waals surface area contributed by atoms with Crippen molar-refractivity contribution in [1.82, 2.24) is 0 Å². The van der Waals surface area contributed by atoms with E-state index in [2.05, 4.69) is 31.2 Å². The summed E-state index contributed by atoms with van der Waals surface area (Å²) in [5, 5.41) is 0. The van der Waals surface area contributed by atoms with Gasteiger partial charge in [-0.15, -0.1) is 0 Å². The lowest BCUT2D eigenvalue weighted by Gasteiger charge is -2.34. The monoisotopic (exact) mass is 277 g/mol. The second kappa shape index (κ2) is 7.65. The molecule has 1 aromatic rings. The molecule has 1 aliphatic carbocycles. The minimum Gasteiger partial charge on any atom is -0.490 e. The van der Waals surface area contributed by atoms with E-state index in [1.807, 2.05) is 0 Å². The number of benzene rings is 1. The molecular formula is C17H27NO2. The highest BCUT2D eigenvalue weighted by Crippen LogP contribution is 2.31. The largest absolute Gasteiger partial charge is 0.490 e. The van der Waals surface area contributed by atoms with Crippen LogP contribution in [0, 0.1) is 11.8 Å². The standard InChI is InChI=1S/C17H27NO2/c1-13-3-6-15(12-18)17(11-13)20-16-7-4-14(5-8-16)9-10-19-2/h4-5,7-8,13,15,17H,3,6,9-12,18H2,1-2H3. The van der Waals surface area contributed by atoms with Crippen LogP contribution in [0.2, 0.25) is 0 Å². The van der Waals surface area contributed by atoms with Crippen molar-refractivity contribution in [1.29, 1.82) is 0 Å². The third kappa shape index (κ3) is 4.22. The maximum atomic E-state index is 6.18. The van der Waals surface area contributed by atoms with Crippen molar-refractivity contribution in [3.63, 3.8) is 0 Å². The molecule has 0 saturated heterocycles. The normalized spacial score (nSPS) is 26.4. The molecule has 3 nitrogen and oxygen atoms in total. The first kappa shape index (κ1) is 15.3. The molecule has 112 valence electrons. The minimum atomic E-state index is 0.272. The molecule has 1 fully saturated rings. The highest BCUT2D eigenvalue weighted by molar-refractivity contribution is 5.27. The van der Waals surface area contributed by atoms with Gasteiger partial charge < -0.3 is 15.2 Å². The molecule has 3 atom stereocenters. The number of hydrogen-bond donors (Lipinski definition) is 1. The molecule has 20 heavy (non-hydrogen) atoms. The van der Waals surface area contributed by atoms with Crippen LogP contribution in [0.3, 0.4) is 0 Å². The third-order valence-corrected chi connectivity index (χ3v) is 4.30. The topological polar surface area (TPSA) is 44.5 Å². The number of methoxy groups -OCH3 is 1. The first-order valence-electron chi connectivity index (χ1n) is 7.67. The molecule has 0 aliphatic heterocycles. The summed E-state index contributed by atoms with van der Waals surface area (Å²) in [7, 11) is 1.73. The van der Waals surface area contributed by atoms with Crippen LogP contribution in [-0.4, -0.2) is 26.4 Å². The van der Waals surface area contributed by atoms with E-state index >= 15 is 0 Å². The molecule has 2 N–H and O–H groups in total. The van der Waals surface area contributed by atoms with Gasteiger partial charge in [-0.05, 0) is 49.4 Å². The van der Waals surface area contributed by atoms with E-state index in [0.717, 1.165) is 37.7 Å². The van der Waals surface area contributed by atoms with E-state index in [9.17, 15) is 0 Å². The fourth-order valence-electron chi connectivity index (χ4n) is 2.93. The van der Waals surface area contributed by atoms with Gasteiger partial charge in [0.2, 0.25) is 0 Å². The zero-order chi connectivity index (χ0) is 14.4. The predicted octanol–water partition coefficient (Wildman–Crippen LogP) is 3.02. The van der Waals surface area contributed by atoms with Gasteiger partial charge in [0.1, 0.15) is 11.9 Å². The fraction of sp³-hybridized carbons (Fsp3) is 0.647. The van der Waals surface area contributed by atoms with Crippen molar-refractivity contribution >= 4 is 0 Å². The molecule has 1 saturated carbocycles. The molecular weight excluding hydrogens is 250 g/mol. The molecule has 0 amide bonds. The van der Waals surface area contributed by atoms with E-state index in [0.29, 0.717) is 5.92 Å². The Balaban J connectivity index is 1.94. The quantitative estimate of drug-likeness (QED) is 0.869. The summed E-state index contributed by atoms with van der Waals surface area (Å²) in [6.07, 6.45) is 4.80. The minimum absolute atomic E-state index is 0.272. The summed E-state index contributed by atoms with van der Waals surface area (Å²) in [6.45, 7) is 3.79. The number of ether oxygens (including phenoxy) is 2. The molecule has 0 bridgehead atoms. The van der Waals surface area contributed by atoms with Crippen molar-refractivity contribution in [2.75, 3.05) is 20.3 Å².